The summed E-state index contributed by atoms with van der Waals surface area (Å²) in [6, 6.07) is 0. The molecule has 17 heavy (non-hydrogen) atoms. The zero-order chi connectivity index (χ0) is 12.6. The fourth-order valence-corrected chi connectivity index (χ4v) is 8.33. The Labute approximate surface area is 107 Å². The van der Waals surface area contributed by atoms with Crippen LogP contribution in [0.5, 0.6) is 0 Å². The first-order valence-electron chi connectivity index (χ1n) is 6.78. The third-order valence-corrected chi connectivity index (χ3v) is 11.3. The fraction of sp³-hybridized carbons (Fsp3) is 0.500. The van der Waals surface area contributed by atoms with E-state index in [0.29, 0.717) is 10.1 Å². The Morgan fingerprint density at radius 3 is 1.24 bits per heavy atom. The van der Waals surface area contributed by atoms with Gasteiger partial charge in [-0.3, -0.25) is 0 Å². The Balaban J connectivity index is 2.48. The highest BCUT2D eigenvalue weighted by atomic mass is 28.3. The van der Waals surface area contributed by atoms with Gasteiger partial charge in [0.25, 0.3) is 0 Å². The van der Waals surface area contributed by atoms with E-state index in [9.17, 15) is 0 Å². The molecule has 0 atom stereocenters. The summed E-state index contributed by atoms with van der Waals surface area (Å²) in [4.78, 5) is 0. The molecule has 0 saturated carbocycles. The molecule has 0 spiro atoms. The van der Waals surface area contributed by atoms with Gasteiger partial charge < -0.3 is 0 Å². The van der Waals surface area contributed by atoms with Gasteiger partial charge in [-0.2, -0.15) is 0 Å². The van der Waals surface area contributed by atoms with Crippen LogP contribution in [0.1, 0.15) is 26.7 Å². The molecule has 2 rings (SSSR count). The van der Waals surface area contributed by atoms with Gasteiger partial charge in [0.1, 0.15) is 0 Å². The van der Waals surface area contributed by atoms with Crippen molar-refractivity contribution in [3.05, 3.63) is 48.6 Å². The molecular weight excluding hydrogens is 220 g/mol. The van der Waals surface area contributed by atoms with Gasteiger partial charge in [0.2, 0.25) is 0 Å². The molecule has 0 saturated heterocycles. The van der Waals surface area contributed by atoms with Gasteiger partial charge in [0, 0.05) is 10.1 Å². The summed E-state index contributed by atoms with van der Waals surface area (Å²) >= 11 is 0. The summed E-state index contributed by atoms with van der Waals surface area (Å²) in [6.45, 7) is 9.78. The topological polar surface area (TPSA) is 0 Å². The number of hydrogen-bond acceptors (Lipinski definition) is 0. The summed E-state index contributed by atoms with van der Waals surface area (Å²) in [7, 11) is -1.48. The maximum absolute atomic E-state index is 2.56. The van der Waals surface area contributed by atoms with Crippen molar-refractivity contribution in [3.8, 4) is 0 Å². The molecule has 0 fully saturated rings. The third-order valence-electron chi connectivity index (χ3n) is 5.29. The van der Waals surface area contributed by atoms with Crippen molar-refractivity contribution in [2.24, 2.45) is 0 Å². The second-order valence-corrected chi connectivity index (χ2v) is 11.0. The molecule has 92 valence electrons. The molecule has 0 aromatic rings. The van der Waals surface area contributed by atoms with Crippen LogP contribution in [0, 0.1) is 0 Å². The van der Waals surface area contributed by atoms with E-state index in [-0.39, 0.29) is 0 Å². The molecule has 2 aliphatic rings. The van der Waals surface area contributed by atoms with Crippen LogP contribution in [-0.4, -0.2) is 8.07 Å². The summed E-state index contributed by atoms with van der Waals surface area (Å²) in [5.74, 6) is 0. The summed E-state index contributed by atoms with van der Waals surface area (Å²) in [5, 5.41) is 0.671. The molecule has 0 N–H and O–H groups in total. The van der Waals surface area contributed by atoms with Gasteiger partial charge in [-0.1, -0.05) is 75.5 Å². The smallest absolute Gasteiger partial charge is 0.0773 e. The molecular formula is C16H24Si. The predicted molar refractivity (Wildman–Crippen MR) is 80.0 cm³/mol. The highest BCUT2D eigenvalue weighted by molar-refractivity contribution is 6.85. The van der Waals surface area contributed by atoms with Gasteiger partial charge in [-0.25, -0.2) is 0 Å². The Morgan fingerprint density at radius 1 is 0.706 bits per heavy atom. The molecule has 0 heterocycles. The van der Waals surface area contributed by atoms with Crippen LogP contribution >= 0.6 is 0 Å². The maximum atomic E-state index is 2.56. The van der Waals surface area contributed by atoms with E-state index in [1.165, 1.54) is 12.8 Å². The van der Waals surface area contributed by atoms with E-state index < -0.39 is 8.07 Å². The minimum atomic E-state index is -1.48. The first kappa shape index (κ1) is 12.6. The first-order chi connectivity index (χ1) is 8.04. The quantitative estimate of drug-likeness (QED) is 0.593. The van der Waals surface area contributed by atoms with Crippen LogP contribution in [0.3, 0.4) is 0 Å². The SMILES string of the molecule is CCC1([Si](C)(C)C2(CC)C=CC=C2)C=CC=C1. The van der Waals surface area contributed by atoms with E-state index in [4.69, 9.17) is 0 Å². The standard InChI is InChI=1S/C16H24Si/c1-5-15(11-7-8-12-15)17(3,4)16(6-2)13-9-10-14-16/h7-14H,5-6H2,1-4H3. The third kappa shape index (κ3) is 1.55. The van der Waals surface area contributed by atoms with Crippen LogP contribution in [-0.2, 0) is 0 Å². The van der Waals surface area contributed by atoms with Crippen LogP contribution in [0.15, 0.2) is 48.6 Å². The molecule has 0 bridgehead atoms. The second-order valence-electron chi connectivity index (χ2n) is 5.85. The molecule has 0 radical (unpaired) electrons. The molecule has 0 aliphatic heterocycles. The van der Waals surface area contributed by atoms with Crippen molar-refractivity contribution in [2.75, 3.05) is 0 Å². The monoisotopic (exact) mass is 244 g/mol. The predicted octanol–water partition coefficient (Wildman–Crippen LogP) is 5.25. The average Bonchev–Trinajstić information content (AvgIpc) is 2.99. The summed E-state index contributed by atoms with van der Waals surface area (Å²) in [5.41, 5.74) is 0. The second kappa shape index (κ2) is 4.13. The van der Waals surface area contributed by atoms with Crippen LogP contribution in [0.4, 0.5) is 0 Å². The van der Waals surface area contributed by atoms with Gasteiger partial charge in [0.05, 0.1) is 8.07 Å². The van der Waals surface area contributed by atoms with E-state index >= 15 is 0 Å². The minimum absolute atomic E-state index is 0.335. The largest absolute Gasteiger partial charge is 0.0775 e. The molecule has 2 aliphatic carbocycles. The molecule has 0 nitrogen and oxygen atoms in total. The molecule has 0 unspecified atom stereocenters. The van der Waals surface area contributed by atoms with E-state index in [0.717, 1.165) is 0 Å². The van der Waals surface area contributed by atoms with Crippen molar-refractivity contribution in [1.29, 1.82) is 0 Å². The molecule has 0 aromatic heterocycles. The van der Waals surface area contributed by atoms with Crippen molar-refractivity contribution in [2.45, 2.75) is 49.9 Å². The van der Waals surface area contributed by atoms with E-state index in [1.807, 2.05) is 0 Å². The lowest BCUT2D eigenvalue weighted by Crippen LogP contribution is -2.49. The van der Waals surface area contributed by atoms with Gasteiger partial charge in [-0.15, -0.1) is 0 Å². The Morgan fingerprint density at radius 2 is 1.00 bits per heavy atom. The van der Waals surface area contributed by atoms with Crippen molar-refractivity contribution < 1.29 is 0 Å². The highest BCUT2D eigenvalue weighted by Crippen LogP contribution is 2.61. The lowest BCUT2D eigenvalue weighted by atomic mass is 10.1. The minimum Gasteiger partial charge on any atom is -0.0773 e. The van der Waals surface area contributed by atoms with Crippen LogP contribution in [0.2, 0.25) is 23.2 Å². The highest BCUT2D eigenvalue weighted by Gasteiger charge is 2.53. The molecule has 0 aromatic carbocycles. The van der Waals surface area contributed by atoms with Crippen molar-refractivity contribution >= 4 is 8.07 Å². The Hall–Kier alpha value is -0.823. The van der Waals surface area contributed by atoms with Gasteiger partial charge in [0.15, 0.2) is 0 Å². The maximum Gasteiger partial charge on any atom is 0.0775 e. The van der Waals surface area contributed by atoms with Gasteiger partial charge in [-0.05, 0) is 12.8 Å². The van der Waals surface area contributed by atoms with Crippen molar-refractivity contribution in [3.63, 3.8) is 0 Å². The van der Waals surface area contributed by atoms with E-state index in [1.54, 1.807) is 0 Å². The number of rotatable bonds is 4. The molecule has 0 amide bonds. The van der Waals surface area contributed by atoms with Gasteiger partial charge >= 0.3 is 0 Å². The van der Waals surface area contributed by atoms with Crippen molar-refractivity contribution in [1.82, 2.24) is 0 Å². The number of hydrogen-bond donors (Lipinski definition) is 0. The number of allylic oxidation sites excluding steroid dienone is 8. The molecule has 1 heteroatoms. The van der Waals surface area contributed by atoms with E-state index in [2.05, 4.69) is 75.5 Å². The van der Waals surface area contributed by atoms with Crippen LogP contribution < -0.4 is 0 Å². The summed E-state index contributed by atoms with van der Waals surface area (Å²) < 4.78 is 0. The zero-order valence-corrected chi connectivity index (χ0v) is 12.5. The first-order valence-corrected chi connectivity index (χ1v) is 9.78. The summed E-state index contributed by atoms with van der Waals surface area (Å²) in [6.07, 6.45) is 21.2. The Kier molecular flexibility index (Phi) is 3.07. The zero-order valence-electron chi connectivity index (χ0n) is 11.5. The normalized spacial score (nSPS) is 23.8. The lowest BCUT2D eigenvalue weighted by Gasteiger charge is -2.50. The lowest BCUT2D eigenvalue weighted by molar-refractivity contribution is 0.680. The Bertz CT molecular complexity index is 345. The fourth-order valence-electron chi connectivity index (χ4n) is 3.64. The average molecular weight is 244 g/mol. The van der Waals surface area contributed by atoms with Crippen LogP contribution in [0.25, 0.3) is 0 Å².